The van der Waals surface area contributed by atoms with Crippen LogP contribution in [0.25, 0.3) is 66.8 Å². The van der Waals surface area contributed by atoms with Crippen LogP contribution in [-0.4, -0.2) is 7.85 Å². The fraction of sp³-hybridized carbons (Fsp3) is 0. The summed E-state index contributed by atoms with van der Waals surface area (Å²) in [5, 5.41) is 0. The van der Waals surface area contributed by atoms with Gasteiger partial charge in [0.05, 0.1) is 0 Å². The van der Waals surface area contributed by atoms with Gasteiger partial charge in [-0.15, -0.1) is 0 Å². The van der Waals surface area contributed by atoms with Gasteiger partial charge in [0.1, 0.15) is 7.85 Å². The van der Waals surface area contributed by atoms with Crippen LogP contribution in [0.4, 0.5) is 0 Å². The zero-order valence-corrected chi connectivity index (χ0v) is 25.7. The van der Waals surface area contributed by atoms with Crippen LogP contribution >= 0.6 is 15.9 Å². The van der Waals surface area contributed by atoms with Crippen molar-refractivity contribution in [3.8, 4) is 66.8 Å². The molecular weight excluding hydrogens is 595 g/mol. The van der Waals surface area contributed by atoms with Crippen molar-refractivity contribution >= 4 is 29.2 Å². The highest BCUT2D eigenvalue weighted by atomic mass is 79.9. The molecule has 0 saturated carbocycles. The Bertz CT molecular complexity index is 1760. The average Bonchev–Trinajstić information content (AvgIpc) is 3.09. The van der Waals surface area contributed by atoms with Crippen LogP contribution in [0.5, 0.6) is 0 Å². The van der Waals surface area contributed by atoms with Crippen molar-refractivity contribution in [3.05, 3.63) is 174 Å². The highest BCUT2D eigenvalue weighted by molar-refractivity contribution is 9.10. The van der Waals surface area contributed by atoms with Gasteiger partial charge in [0.15, 0.2) is 0 Å². The highest BCUT2D eigenvalue weighted by Crippen LogP contribution is 2.55. The van der Waals surface area contributed by atoms with E-state index in [0.717, 1.165) is 43.3 Å². The van der Waals surface area contributed by atoms with Crippen LogP contribution in [0.3, 0.4) is 0 Å². The normalized spacial score (nSPS) is 10.9. The maximum absolute atomic E-state index is 6.25. The third-order valence-corrected chi connectivity index (χ3v) is 8.61. The molecule has 0 aromatic heterocycles. The number of benzene rings is 7. The lowest BCUT2D eigenvalue weighted by Crippen LogP contribution is -2.04. The Balaban J connectivity index is 1.81. The first-order chi connectivity index (χ1) is 21.7. The summed E-state index contributed by atoms with van der Waals surface area (Å²) in [4.78, 5) is 0. The van der Waals surface area contributed by atoms with E-state index in [4.69, 9.17) is 7.85 Å². The lowest BCUT2D eigenvalue weighted by Gasteiger charge is -2.29. The molecular formula is C42H28BBr. The minimum absolute atomic E-state index is 0.745. The van der Waals surface area contributed by atoms with Crippen LogP contribution in [-0.2, 0) is 0 Å². The van der Waals surface area contributed by atoms with E-state index < -0.39 is 0 Å². The Labute approximate surface area is 269 Å². The predicted molar refractivity (Wildman–Crippen MR) is 192 cm³/mol. The Kier molecular flexibility index (Phi) is 7.84. The zero-order chi connectivity index (χ0) is 29.9. The lowest BCUT2D eigenvalue weighted by atomic mass is 9.74. The van der Waals surface area contributed by atoms with E-state index >= 15 is 0 Å². The third kappa shape index (κ3) is 5.34. The van der Waals surface area contributed by atoms with Gasteiger partial charge in [-0.2, -0.15) is 0 Å². The second kappa shape index (κ2) is 12.4. The van der Waals surface area contributed by atoms with Gasteiger partial charge in [0.2, 0.25) is 0 Å². The summed E-state index contributed by atoms with van der Waals surface area (Å²) < 4.78 is 1.05. The molecule has 2 heteroatoms. The summed E-state index contributed by atoms with van der Waals surface area (Å²) in [6.45, 7) is 0. The Hall–Kier alpha value is -4.92. The van der Waals surface area contributed by atoms with E-state index in [1.54, 1.807) is 0 Å². The molecule has 0 heterocycles. The monoisotopic (exact) mass is 622 g/mol. The smallest absolute Gasteiger partial charge is 0.0966 e. The average molecular weight is 623 g/mol. The van der Waals surface area contributed by atoms with Crippen LogP contribution in [0.1, 0.15) is 0 Å². The number of hydrogen-bond acceptors (Lipinski definition) is 0. The molecule has 206 valence electrons. The molecule has 7 rings (SSSR count). The van der Waals surface area contributed by atoms with Crippen LogP contribution < -0.4 is 5.46 Å². The van der Waals surface area contributed by atoms with Crippen molar-refractivity contribution in [1.29, 1.82) is 0 Å². The van der Waals surface area contributed by atoms with Crippen molar-refractivity contribution in [2.45, 2.75) is 0 Å². The molecule has 0 fully saturated rings. The van der Waals surface area contributed by atoms with E-state index in [2.05, 4.69) is 174 Å². The van der Waals surface area contributed by atoms with E-state index in [-0.39, 0.29) is 0 Å². The molecule has 7 aromatic rings. The second-order valence-electron chi connectivity index (χ2n) is 10.8. The first-order valence-electron chi connectivity index (χ1n) is 14.8. The molecule has 0 spiro atoms. The van der Waals surface area contributed by atoms with Crippen molar-refractivity contribution < 1.29 is 0 Å². The fourth-order valence-corrected chi connectivity index (χ4v) is 6.43. The minimum Gasteiger partial charge on any atom is -0.0966 e. The summed E-state index contributed by atoms with van der Waals surface area (Å²) >= 11 is 3.69. The molecule has 0 aliphatic rings. The molecule has 0 aliphatic carbocycles. The molecule has 2 radical (unpaired) electrons. The zero-order valence-electron chi connectivity index (χ0n) is 24.1. The maximum atomic E-state index is 6.25. The molecule has 44 heavy (non-hydrogen) atoms. The first-order valence-corrected chi connectivity index (χ1v) is 15.6. The molecule has 7 aromatic carbocycles. The van der Waals surface area contributed by atoms with Crippen molar-refractivity contribution in [1.82, 2.24) is 0 Å². The topological polar surface area (TPSA) is 0 Å². The van der Waals surface area contributed by atoms with Crippen molar-refractivity contribution in [3.63, 3.8) is 0 Å². The van der Waals surface area contributed by atoms with Crippen molar-refractivity contribution in [2.24, 2.45) is 0 Å². The summed E-state index contributed by atoms with van der Waals surface area (Å²) in [5.41, 5.74) is 14.8. The van der Waals surface area contributed by atoms with Gasteiger partial charge in [-0.25, -0.2) is 0 Å². The SMILES string of the molecule is [B]c1ccc(-c2c(-c3ccccc3)c(-c3ccccc3)c(-c3ccc(Br)cc3)c(-c3ccccc3)c2-c2ccccc2)cc1. The van der Waals surface area contributed by atoms with E-state index in [9.17, 15) is 0 Å². The first kappa shape index (κ1) is 27.9. The van der Waals surface area contributed by atoms with Gasteiger partial charge in [-0.1, -0.05) is 179 Å². The molecule has 0 bridgehead atoms. The van der Waals surface area contributed by atoms with Crippen LogP contribution in [0.15, 0.2) is 174 Å². The Morgan fingerprint density at radius 1 is 0.273 bits per heavy atom. The molecule has 0 amide bonds. The van der Waals surface area contributed by atoms with Gasteiger partial charge >= 0.3 is 0 Å². The largest absolute Gasteiger partial charge is 0.113 e. The molecule has 0 aliphatic heterocycles. The number of rotatable bonds is 6. The summed E-state index contributed by atoms with van der Waals surface area (Å²) in [6.07, 6.45) is 0. The summed E-state index contributed by atoms with van der Waals surface area (Å²) in [6, 6.07) is 60.3. The maximum Gasteiger partial charge on any atom is 0.113 e. The quantitative estimate of drug-likeness (QED) is 0.162. The van der Waals surface area contributed by atoms with Crippen molar-refractivity contribution in [2.75, 3.05) is 0 Å². The minimum atomic E-state index is 0.745. The van der Waals surface area contributed by atoms with Gasteiger partial charge in [-0.3, -0.25) is 0 Å². The van der Waals surface area contributed by atoms with Gasteiger partial charge < -0.3 is 0 Å². The molecule has 0 saturated heterocycles. The lowest BCUT2D eigenvalue weighted by molar-refractivity contribution is 1.51. The standard InChI is InChI=1S/C42H28BBr/c43-35-25-21-33(22-26-35)41-37(29-13-5-1-6-14-29)39(31-17-9-3-10-18-31)42(34-23-27-36(44)28-24-34)40(32-19-11-4-12-20-32)38(41)30-15-7-2-8-16-30/h1-28H. The second-order valence-corrected chi connectivity index (χ2v) is 11.8. The third-order valence-electron chi connectivity index (χ3n) is 8.08. The number of halogens is 1. The van der Waals surface area contributed by atoms with E-state index in [1.807, 2.05) is 12.1 Å². The Morgan fingerprint density at radius 2 is 0.500 bits per heavy atom. The Morgan fingerprint density at radius 3 is 0.773 bits per heavy atom. The molecule has 0 N–H and O–H groups in total. The molecule has 0 atom stereocenters. The van der Waals surface area contributed by atoms with Crippen LogP contribution in [0.2, 0.25) is 0 Å². The van der Waals surface area contributed by atoms with Crippen LogP contribution in [0, 0.1) is 0 Å². The summed E-state index contributed by atoms with van der Waals surface area (Å²) in [7, 11) is 6.25. The van der Waals surface area contributed by atoms with E-state index in [1.165, 1.54) is 33.4 Å². The highest BCUT2D eigenvalue weighted by Gasteiger charge is 2.28. The molecule has 0 nitrogen and oxygen atoms in total. The predicted octanol–water partition coefficient (Wildman–Crippen LogP) is 11.2. The van der Waals surface area contributed by atoms with Gasteiger partial charge in [0, 0.05) is 4.47 Å². The molecule has 0 unspecified atom stereocenters. The van der Waals surface area contributed by atoms with E-state index in [0.29, 0.717) is 0 Å². The van der Waals surface area contributed by atoms with Gasteiger partial charge in [0.25, 0.3) is 0 Å². The summed E-state index contributed by atoms with van der Waals surface area (Å²) in [5.74, 6) is 0. The van der Waals surface area contributed by atoms with Gasteiger partial charge in [-0.05, 0) is 78.9 Å². The number of hydrogen-bond donors (Lipinski definition) is 0. The fourth-order valence-electron chi connectivity index (χ4n) is 6.17.